The molecular formula is C13H19BrN2O. The zero-order valence-electron chi connectivity index (χ0n) is 9.99. The fourth-order valence-corrected chi connectivity index (χ4v) is 2.64. The van der Waals surface area contributed by atoms with Crippen molar-refractivity contribution in [1.82, 2.24) is 4.98 Å². The van der Waals surface area contributed by atoms with Crippen LogP contribution in [0.15, 0.2) is 22.8 Å². The molecule has 0 saturated heterocycles. The molecule has 0 atom stereocenters. The lowest BCUT2D eigenvalue weighted by atomic mass is 9.93. The molecule has 0 radical (unpaired) electrons. The number of rotatable bonds is 3. The Morgan fingerprint density at radius 1 is 1.29 bits per heavy atom. The zero-order valence-corrected chi connectivity index (χ0v) is 11.6. The van der Waals surface area contributed by atoms with Crippen molar-refractivity contribution in [3.05, 3.63) is 22.8 Å². The molecule has 0 amide bonds. The van der Waals surface area contributed by atoms with Crippen molar-refractivity contribution in [2.75, 3.05) is 6.61 Å². The molecule has 17 heavy (non-hydrogen) atoms. The minimum absolute atomic E-state index is 0.173. The molecule has 0 spiro atoms. The van der Waals surface area contributed by atoms with E-state index in [0.29, 0.717) is 12.5 Å². The summed E-state index contributed by atoms with van der Waals surface area (Å²) >= 11 is 3.43. The molecule has 94 valence electrons. The molecule has 1 heterocycles. The molecule has 1 aromatic rings. The Hall–Kier alpha value is -0.610. The highest BCUT2D eigenvalue weighted by molar-refractivity contribution is 9.10. The van der Waals surface area contributed by atoms with E-state index in [0.717, 1.165) is 17.3 Å². The minimum atomic E-state index is -0.173. The summed E-state index contributed by atoms with van der Waals surface area (Å²) in [6.45, 7) is 0.558. The van der Waals surface area contributed by atoms with Gasteiger partial charge in [-0.15, -0.1) is 0 Å². The predicted octanol–water partition coefficient (Wildman–Crippen LogP) is 3.27. The molecule has 0 aromatic carbocycles. The number of ether oxygens (including phenoxy) is 1. The maximum absolute atomic E-state index is 6.39. The Labute approximate surface area is 111 Å². The van der Waals surface area contributed by atoms with Gasteiger partial charge in [0.25, 0.3) is 0 Å². The van der Waals surface area contributed by atoms with Crippen LogP contribution in [0.5, 0.6) is 5.88 Å². The van der Waals surface area contributed by atoms with Crippen LogP contribution in [0.1, 0.15) is 38.5 Å². The van der Waals surface area contributed by atoms with Gasteiger partial charge in [0, 0.05) is 6.20 Å². The molecule has 0 bridgehead atoms. The van der Waals surface area contributed by atoms with E-state index in [-0.39, 0.29) is 5.54 Å². The van der Waals surface area contributed by atoms with Gasteiger partial charge >= 0.3 is 0 Å². The predicted molar refractivity (Wildman–Crippen MR) is 72.1 cm³/mol. The first-order valence-electron chi connectivity index (χ1n) is 6.22. The Morgan fingerprint density at radius 2 is 2.00 bits per heavy atom. The number of pyridine rings is 1. The van der Waals surface area contributed by atoms with Crippen LogP contribution < -0.4 is 10.5 Å². The van der Waals surface area contributed by atoms with E-state index in [1.54, 1.807) is 6.20 Å². The number of nitrogens with zero attached hydrogens (tertiary/aromatic N) is 1. The molecule has 0 unspecified atom stereocenters. The summed E-state index contributed by atoms with van der Waals surface area (Å²) in [5.41, 5.74) is 6.22. The average Bonchev–Trinajstić information content (AvgIpc) is 2.54. The molecule has 2 N–H and O–H groups in total. The Kier molecular flexibility index (Phi) is 4.40. The van der Waals surface area contributed by atoms with Crippen molar-refractivity contribution in [3.63, 3.8) is 0 Å². The van der Waals surface area contributed by atoms with Crippen LogP contribution in [0.4, 0.5) is 0 Å². The smallest absolute Gasteiger partial charge is 0.227 e. The first-order chi connectivity index (χ1) is 8.20. The molecule has 1 fully saturated rings. The molecular weight excluding hydrogens is 280 g/mol. The lowest BCUT2D eigenvalue weighted by molar-refractivity contribution is 0.192. The van der Waals surface area contributed by atoms with Crippen LogP contribution in [0.2, 0.25) is 0 Å². The normalized spacial score (nSPS) is 19.6. The van der Waals surface area contributed by atoms with Crippen molar-refractivity contribution in [1.29, 1.82) is 0 Å². The fourth-order valence-electron chi connectivity index (χ4n) is 2.27. The van der Waals surface area contributed by atoms with Gasteiger partial charge in [0.15, 0.2) is 0 Å². The van der Waals surface area contributed by atoms with Crippen molar-refractivity contribution in [3.8, 4) is 5.88 Å². The van der Waals surface area contributed by atoms with Crippen molar-refractivity contribution < 1.29 is 4.74 Å². The van der Waals surface area contributed by atoms with Crippen molar-refractivity contribution in [2.24, 2.45) is 5.73 Å². The van der Waals surface area contributed by atoms with Gasteiger partial charge in [0.05, 0.1) is 10.0 Å². The van der Waals surface area contributed by atoms with E-state index < -0.39 is 0 Å². The van der Waals surface area contributed by atoms with Crippen molar-refractivity contribution >= 4 is 15.9 Å². The van der Waals surface area contributed by atoms with E-state index in [4.69, 9.17) is 10.5 Å². The van der Waals surface area contributed by atoms with Gasteiger partial charge in [-0.05, 0) is 40.9 Å². The largest absolute Gasteiger partial charge is 0.475 e. The average molecular weight is 299 g/mol. The SMILES string of the molecule is NC1(COc2ncccc2Br)CCCCCC1. The zero-order chi connectivity index (χ0) is 12.1. The second kappa shape index (κ2) is 5.83. The molecule has 1 aliphatic carbocycles. The lowest BCUT2D eigenvalue weighted by Crippen LogP contribution is -2.45. The summed E-state index contributed by atoms with van der Waals surface area (Å²) in [6, 6.07) is 3.80. The lowest BCUT2D eigenvalue weighted by Gasteiger charge is -2.27. The number of hydrogen-bond donors (Lipinski definition) is 1. The fraction of sp³-hybridized carbons (Fsp3) is 0.615. The monoisotopic (exact) mass is 298 g/mol. The van der Waals surface area contributed by atoms with Crippen LogP contribution in [-0.4, -0.2) is 17.1 Å². The number of halogens is 1. The maximum atomic E-state index is 6.39. The first-order valence-corrected chi connectivity index (χ1v) is 7.01. The third-order valence-electron chi connectivity index (χ3n) is 3.32. The number of aromatic nitrogens is 1. The molecule has 0 aliphatic heterocycles. The number of hydrogen-bond acceptors (Lipinski definition) is 3. The summed E-state index contributed by atoms with van der Waals surface area (Å²) in [5.74, 6) is 0.640. The van der Waals surface area contributed by atoms with Crippen LogP contribution in [-0.2, 0) is 0 Å². The third kappa shape index (κ3) is 3.68. The van der Waals surface area contributed by atoms with Crippen LogP contribution in [0.25, 0.3) is 0 Å². The van der Waals surface area contributed by atoms with E-state index in [1.807, 2.05) is 12.1 Å². The molecule has 1 aliphatic rings. The minimum Gasteiger partial charge on any atom is -0.475 e. The van der Waals surface area contributed by atoms with Gasteiger partial charge in [0.2, 0.25) is 5.88 Å². The van der Waals surface area contributed by atoms with Gasteiger partial charge in [-0.2, -0.15) is 0 Å². The summed E-state index contributed by atoms with van der Waals surface area (Å²) in [6.07, 6.45) is 8.86. The van der Waals surface area contributed by atoms with Gasteiger partial charge in [-0.3, -0.25) is 0 Å². The summed E-state index contributed by atoms with van der Waals surface area (Å²) in [7, 11) is 0. The topological polar surface area (TPSA) is 48.1 Å². The Balaban J connectivity index is 1.94. The highest BCUT2D eigenvalue weighted by Crippen LogP contribution is 2.27. The van der Waals surface area contributed by atoms with Gasteiger partial charge < -0.3 is 10.5 Å². The second-order valence-electron chi connectivity index (χ2n) is 4.86. The van der Waals surface area contributed by atoms with Gasteiger partial charge in [0.1, 0.15) is 6.61 Å². The molecule has 3 nitrogen and oxygen atoms in total. The van der Waals surface area contributed by atoms with Crippen LogP contribution in [0, 0.1) is 0 Å². The molecule has 4 heteroatoms. The molecule has 2 rings (SSSR count). The van der Waals surface area contributed by atoms with E-state index in [9.17, 15) is 0 Å². The molecule has 1 aromatic heterocycles. The van der Waals surface area contributed by atoms with Crippen LogP contribution in [0.3, 0.4) is 0 Å². The Bertz CT molecular complexity index is 362. The van der Waals surface area contributed by atoms with E-state index >= 15 is 0 Å². The maximum Gasteiger partial charge on any atom is 0.227 e. The molecule has 1 saturated carbocycles. The standard InChI is InChI=1S/C13H19BrN2O/c14-11-6-5-9-16-12(11)17-10-13(15)7-3-1-2-4-8-13/h5-6,9H,1-4,7-8,10,15H2. The van der Waals surface area contributed by atoms with E-state index in [2.05, 4.69) is 20.9 Å². The van der Waals surface area contributed by atoms with Crippen molar-refractivity contribution in [2.45, 2.75) is 44.1 Å². The van der Waals surface area contributed by atoms with Gasteiger partial charge in [-0.1, -0.05) is 25.7 Å². The summed E-state index contributed by atoms with van der Waals surface area (Å²) in [5, 5.41) is 0. The summed E-state index contributed by atoms with van der Waals surface area (Å²) < 4.78 is 6.64. The van der Waals surface area contributed by atoms with Gasteiger partial charge in [-0.25, -0.2) is 4.98 Å². The second-order valence-corrected chi connectivity index (χ2v) is 5.71. The number of nitrogens with two attached hydrogens (primary N) is 1. The Morgan fingerprint density at radius 3 is 2.65 bits per heavy atom. The first kappa shape index (κ1) is 12.8. The van der Waals surface area contributed by atoms with Crippen LogP contribution >= 0.6 is 15.9 Å². The van der Waals surface area contributed by atoms with E-state index in [1.165, 1.54) is 25.7 Å². The quantitative estimate of drug-likeness (QED) is 0.871. The highest BCUT2D eigenvalue weighted by Gasteiger charge is 2.27. The third-order valence-corrected chi connectivity index (χ3v) is 3.92. The summed E-state index contributed by atoms with van der Waals surface area (Å²) in [4.78, 5) is 4.19. The highest BCUT2D eigenvalue weighted by atomic mass is 79.9.